The molecule has 2 heterocycles. The Balaban J connectivity index is 2.99. The van der Waals surface area contributed by atoms with Gasteiger partial charge in [0.1, 0.15) is 16.4 Å². The van der Waals surface area contributed by atoms with Gasteiger partial charge in [-0.2, -0.15) is 5.10 Å². The fourth-order valence-electron chi connectivity index (χ4n) is 0.987. The van der Waals surface area contributed by atoms with Crippen LogP contribution >= 0.6 is 15.9 Å². The molecular formula is C6H4BrFN4. The van der Waals surface area contributed by atoms with E-state index in [1.165, 1.54) is 16.9 Å². The van der Waals surface area contributed by atoms with Crippen molar-refractivity contribution in [1.29, 1.82) is 0 Å². The van der Waals surface area contributed by atoms with Crippen molar-refractivity contribution in [1.82, 2.24) is 14.6 Å². The molecule has 2 aromatic heterocycles. The minimum absolute atomic E-state index is 0.133. The number of nitrogens with zero attached hydrogens (tertiary/aromatic N) is 3. The fraction of sp³-hybridized carbons (Fsp3) is 0. The van der Waals surface area contributed by atoms with Gasteiger partial charge in [0.05, 0.1) is 0 Å². The maximum atomic E-state index is 13.1. The van der Waals surface area contributed by atoms with Gasteiger partial charge in [-0.3, -0.25) is 0 Å². The molecule has 2 rings (SSSR count). The molecule has 0 fully saturated rings. The van der Waals surface area contributed by atoms with Gasteiger partial charge < -0.3 is 5.73 Å². The first-order valence-corrected chi connectivity index (χ1v) is 3.92. The molecule has 12 heavy (non-hydrogen) atoms. The number of nitrogen functional groups attached to an aromatic ring is 1. The Morgan fingerprint density at radius 1 is 1.58 bits per heavy atom. The zero-order valence-electron chi connectivity index (χ0n) is 5.83. The molecular weight excluding hydrogens is 227 g/mol. The van der Waals surface area contributed by atoms with Crippen LogP contribution in [0.1, 0.15) is 0 Å². The van der Waals surface area contributed by atoms with Gasteiger partial charge in [0, 0.05) is 6.07 Å². The molecule has 0 radical (unpaired) electrons. The molecule has 0 spiro atoms. The van der Waals surface area contributed by atoms with Crippen LogP contribution in [0.2, 0.25) is 0 Å². The predicted molar refractivity (Wildman–Crippen MR) is 45.1 cm³/mol. The lowest BCUT2D eigenvalue weighted by Gasteiger charge is -1.96. The summed E-state index contributed by atoms with van der Waals surface area (Å²) in [6, 6.07) is 1.29. The minimum atomic E-state index is -0.431. The van der Waals surface area contributed by atoms with Crippen LogP contribution < -0.4 is 5.73 Å². The molecule has 0 aliphatic rings. The van der Waals surface area contributed by atoms with Crippen LogP contribution in [0.5, 0.6) is 0 Å². The second kappa shape index (κ2) is 2.41. The lowest BCUT2D eigenvalue weighted by atomic mass is 10.5. The molecule has 0 bridgehead atoms. The summed E-state index contributed by atoms with van der Waals surface area (Å²) in [6.45, 7) is 0. The maximum Gasteiger partial charge on any atom is 0.155 e. The SMILES string of the molecule is Nc1ncnn2c(Br)cc(F)c12. The Kier molecular flexibility index (Phi) is 1.50. The molecule has 0 atom stereocenters. The van der Waals surface area contributed by atoms with Crippen molar-refractivity contribution in [2.24, 2.45) is 0 Å². The molecule has 0 saturated heterocycles. The largest absolute Gasteiger partial charge is 0.382 e. The first-order valence-electron chi connectivity index (χ1n) is 3.13. The molecule has 0 aromatic carbocycles. The van der Waals surface area contributed by atoms with E-state index < -0.39 is 5.82 Å². The van der Waals surface area contributed by atoms with Gasteiger partial charge in [-0.25, -0.2) is 13.9 Å². The van der Waals surface area contributed by atoms with Crippen LogP contribution in [0.4, 0.5) is 10.2 Å². The Bertz CT molecular complexity index is 438. The molecule has 0 unspecified atom stereocenters. The number of aromatic nitrogens is 3. The van der Waals surface area contributed by atoms with Gasteiger partial charge >= 0.3 is 0 Å². The summed E-state index contributed by atoms with van der Waals surface area (Å²) >= 11 is 3.13. The van der Waals surface area contributed by atoms with Crippen LogP contribution in [-0.4, -0.2) is 14.6 Å². The minimum Gasteiger partial charge on any atom is -0.382 e. The average molecular weight is 231 g/mol. The van der Waals surface area contributed by atoms with Crippen molar-refractivity contribution in [2.45, 2.75) is 0 Å². The molecule has 6 heteroatoms. The van der Waals surface area contributed by atoms with E-state index in [0.29, 0.717) is 4.60 Å². The third-order valence-electron chi connectivity index (χ3n) is 1.49. The molecule has 0 aliphatic heterocycles. The van der Waals surface area contributed by atoms with Crippen LogP contribution in [0, 0.1) is 5.82 Å². The Hall–Kier alpha value is -1.17. The van der Waals surface area contributed by atoms with E-state index in [9.17, 15) is 4.39 Å². The second-order valence-electron chi connectivity index (χ2n) is 2.22. The number of rotatable bonds is 0. The fourth-order valence-corrected chi connectivity index (χ4v) is 1.46. The summed E-state index contributed by atoms with van der Waals surface area (Å²) in [4.78, 5) is 3.67. The molecule has 0 aliphatic carbocycles. The smallest absolute Gasteiger partial charge is 0.155 e. The normalized spacial score (nSPS) is 10.8. The quantitative estimate of drug-likeness (QED) is 0.741. The second-order valence-corrected chi connectivity index (χ2v) is 3.03. The summed E-state index contributed by atoms with van der Waals surface area (Å²) < 4.78 is 14.9. The van der Waals surface area contributed by atoms with Crippen molar-refractivity contribution >= 4 is 27.3 Å². The van der Waals surface area contributed by atoms with E-state index in [0.717, 1.165) is 0 Å². The van der Waals surface area contributed by atoms with E-state index >= 15 is 0 Å². The van der Waals surface area contributed by atoms with Gasteiger partial charge in [-0.1, -0.05) is 0 Å². The third kappa shape index (κ3) is 0.878. The topological polar surface area (TPSA) is 56.2 Å². The van der Waals surface area contributed by atoms with Crippen molar-refractivity contribution in [3.8, 4) is 0 Å². The lowest BCUT2D eigenvalue weighted by molar-refractivity contribution is 0.639. The number of hydrogen-bond donors (Lipinski definition) is 1. The Morgan fingerprint density at radius 3 is 3.00 bits per heavy atom. The molecule has 2 N–H and O–H groups in total. The average Bonchev–Trinajstić information content (AvgIpc) is 2.29. The predicted octanol–water partition coefficient (Wildman–Crippen LogP) is 1.21. The summed E-state index contributed by atoms with van der Waals surface area (Å²) in [5.74, 6) is -0.298. The molecule has 62 valence electrons. The summed E-state index contributed by atoms with van der Waals surface area (Å²) in [5, 5.41) is 3.80. The van der Waals surface area contributed by atoms with E-state index in [1.54, 1.807) is 0 Å². The van der Waals surface area contributed by atoms with Crippen molar-refractivity contribution in [3.63, 3.8) is 0 Å². The molecule has 4 nitrogen and oxygen atoms in total. The van der Waals surface area contributed by atoms with E-state index in [1.807, 2.05) is 0 Å². The summed E-state index contributed by atoms with van der Waals surface area (Å²) in [5.41, 5.74) is 5.64. The lowest BCUT2D eigenvalue weighted by Crippen LogP contribution is -1.99. The number of anilines is 1. The summed E-state index contributed by atoms with van der Waals surface area (Å²) in [7, 11) is 0. The number of fused-ring (bicyclic) bond motifs is 1. The number of halogens is 2. The highest BCUT2D eigenvalue weighted by Gasteiger charge is 2.10. The van der Waals surface area contributed by atoms with Gasteiger partial charge in [-0.15, -0.1) is 0 Å². The molecule has 0 amide bonds. The monoisotopic (exact) mass is 230 g/mol. The van der Waals surface area contributed by atoms with Gasteiger partial charge in [0.15, 0.2) is 11.6 Å². The van der Waals surface area contributed by atoms with E-state index in [-0.39, 0.29) is 11.3 Å². The first-order chi connectivity index (χ1) is 5.70. The zero-order chi connectivity index (χ0) is 8.72. The molecule has 2 aromatic rings. The van der Waals surface area contributed by atoms with E-state index in [2.05, 4.69) is 26.0 Å². The van der Waals surface area contributed by atoms with Gasteiger partial charge in [0.2, 0.25) is 0 Å². The van der Waals surface area contributed by atoms with Crippen molar-refractivity contribution in [3.05, 3.63) is 22.8 Å². The highest BCUT2D eigenvalue weighted by molar-refractivity contribution is 9.10. The van der Waals surface area contributed by atoms with Gasteiger partial charge in [0.25, 0.3) is 0 Å². The number of nitrogens with two attached hydrogens (primary N) is 1. The van der Waals surface area contributed by atoms with Crippen LogP contribution in [-0.2, 0) is 0 Å². The number of hydrogen-bond acceptors (Lipinski definition) is 3. The summed E-state index contributed by atoms with van der Waals surface area (Å²) in [6.07, 6.45) is 1.27. The van der Waals surface area contributed by atoms with Crippen LogP contribution in [0.25, 0.3) is 5.52 Å². The maximum absolute atomic E-state index is 13.1. The van der Waals surface area contributed by atoms with E-state index in [4.69, 9.17) is 5.73 Å². The zero-order valence-corrected chi connectivity index (χ0v) is 7.42. The standard InChI is InChI=1S/C6H4BrFN4/c7-4-1-3(8)5-6(9)10-2-11-12(4)5/h1-2H,(H2,9,10,11). The first kappa shape index (κ1) is 7.48. The van der Waals surface area contributed by atoms with Crippen molar-refractivity contribution < 1.29 is 4.39 Å². The van der Waals surface area contributed by atoms with Crippen LogP contribution in [0.15, 0.2) is 17.0 Å². The highest BCUT2D eigenvalue weighted by atomic mass is 79.9. The van der Waals surface area contributed by atoms with Gasteiger partial charge in [-0.05, 0) is 15.9 Å². The highest BCUT2D eigenvalue weighted by Crippen LogP contribution is 2.21. The van der Waals surface area contributed by atoms with Crippen LogP contribution in [0.3, 0.4) is 0 Å². The Labute approximate surface area is 75.3 Å². The van der Waals surface area contributed by atoms with Crippen molar-refractivity contribution in [2.75, 3.05) is 5.73 Å². The Morgan fingerprint density at radius 2 is 2.33 bits per heavy atom. The molecule has 0 saturated carbocycles. The third-order valence-corrected chi connectivity index (χ3v) is 2.06.